The Balaban J connectivity index is 4.15. The second kappa shape index (κ2) is 10.5. The van der Waals surface area contributed by atoms with Crippen molar-refractivity contribution in [1.29, 1.82) is 0 Å². The Morgan fingerprint density at radius 1 is 1.20 bits per heavy atom. The largest absolute Gasteiger partial charge is 0.465 e. The molecular formula is C18H30O2. The number of hydrogen-bond acceptors (Lipinski definition) is 2. The van der Waals surface area contributed by atoms with E-state index in [1.54, 1.807) is 0 Å². The molecule has 0 fully saturated rings. The van der Waals surface area contributed by atoms with Crippen molar-refractivity contribution >= 4 is 5.97 Å². The van der Waals surface area contributed by atoms with Crippen molar-refractivity contribution in [2.45, 2.75) is 59.8 Å². The van der Waals surface area contributed by atoms with Crippen molar-refractivity contribution in [3.8, 4) is 0 Å². The highest BCUT2D eigenvalue weighted by molar-refractivity contribution is 5.68. The molecule has 0 N–H and O–H groups in total. The summed E-state index contributed by atoms with van der Waals surface area (Å²) in [7, 11) is 0. The van der Waals surface area contributed by atoms with Crippen LogP contribution in [-0.2, 0) is 9.53 Å². The van der Waals surface area contributed by atoms with Gasteiger partial charge in [0, 0.05) is 12.8 Å². The minimum absolute atomic E-state index is 0.126. The van der Waals surface area contributed by atoms with E-state index >= 15 is 0 Å². The molecular weight excluding hydrogens is 248 g/mol. The van der Waals surface area contributed by atoms with Gasteiger partial charge in [-0.1, -0.05) is 36.3 Å². The van der Waals surface area contributed by atoms with Crippen LogP contribution in [0.15, 0.2) is 36.0 Å². The van der Waals surface area contributed by atoms with Gasteiger partial charge in [-0.05, 0) is 46.0 Å². The zero-order chi connectivity index (χ0) is 15.5. The number of allylic oxidation sites excluding steroid dienone is 3. The van der Waals surface area contributed by atoms with E-state index in [0.717, 1.165) is 25.7 Å². The lowest BCUT2D eigenvalue weighted by molar-refractivity contribution is -0.143. The van der Waals surface area contributed by atoms with Crippen molar-refractivity contribution in [3.05, 3.63) is 36.0 Å². The maximum absolute atomic E-state index is 11.0. The fourth-order valence-corrected chi connectivity index (χ4v) is 1.86. The third-order valence-corrected chi connectivity index (χ3v) is 3.42. The fourth-order valence-electron chi connectivity index (χ4n) is 1.86. The van der Waals surface area contributed by atoms with Gasteiger partial charge < -0.3 is 4.74 Å². The van der Waals surface area contributed by atoms with E-state index in [2.05, 4.69) is 40.0 Å². The van der Waals surface area contributed by atoms with E-state index in [1.165, 1.54) is 16.7 Å². The lowest BCUT2D eigenvalue weighted by Crippen LogP contribution is -2.04. The highest BCUT2D eigenvalue weighted by atomic mass is 16.5. The van der Waals surface area contributed by atoms with Crippen molar-refractivity contribution in [2.75, 3.05) is 6.61 Å². The molecule has 0 heterocycles. The third-order valence-electron chi connectivity index (χ3n) is 3.42. The Hall–Kier alpha value is -1.31. The summed E-state index contributed by atoms with van der Waals surface area (Å²) in [4.78, 5) is 11.0. The average molecular weight is 278 g/mol. The molecule has 114 valence electrons. The normalized spacial score (nSPS) is 12.9. The van der Waals surface area contributed by atoms with Crippen molar-refractivity contribution in [3.63, 3.8) is 0 Å². The SMILES string of the molecule is C=C(C)CCC(C/C=C(\C)CCOC(=O)CC)C(=C)C. The monoisotopic (exact) mass is 278 g/mol. The zero-order valence-electron chi connectivity index (χ0n) is 13.6. The molecule has 0 aliphatic rings. The molecule has 0 saturated heterocycles. The first-order valence-electron chi connectivity index (χ1n) is 7.47. The summed E-state index contributed by atoms with van der Waals surface area (Å²) in [6.45, 7) is 16.6. The van der Waals surface area contributed by atoms with E-state index in [1.807, 2.05) is 6.92 Å². The maximum atomic E-state index is 11.0. The Kier molecular flexibility index (Phi) is 9.79. The maximum Gasteiger partial charge on any atom is 0.305 e. The molecule has 1 atom stereocenters. The van der Waals surface area contributed by atoms with E-state index in [0.29, 0.717) is 18.9 Å². The molecule has 0 bridgehead atoms. The van der Waals surface area contributed by atoms with Gasteiger partial charge in [0.15, 0.2) is 0 Å². The zero-order valence-corrected chi connectivity index (χ0v) is 13.6. The quantitative estimate of drug-likeness (QED) is 0.405. The van der Waals surface area contributed by atoms with Gasteiger partial charge in [0.05, 0.1) is 6.61 Å². The molecule has 0 aromatic rings. The first kappa shape index (κ1) is 18.7. The minimum Gasteiger partial charge on any atom is -0.465 e. The summed E-state index contributed by atoms with van der Waals surface area (Å²) < 4.78 is 5.09. The Labute approximate surface area is 124 Å². The molecule has 1 unspecified atom stereocenters. The summed E-state index contributed by atoms with van der Waals surface area (Å²) in [5, 5.41) is 0. The second-order valence-electron chi connectivity index (χ2n) is 5.65. The third kappa shape index (κ3) is 9.60. The van der Waals surface area contributed by atoms with Gasteiger partial charge in [0.2, 0.25) is 0 Å². The number of carbonyl (C=O) groups is 1. The van der Waals surface area contributed by atoms with Gasteiger partial charge in [-0.2, -0.15) is 0 Å². The van der Waals surface area contributed by atoms with Crippen molar-refractivity contribution < 1.29 is 9.53 Å². The fraction of sp³-hybridized carbons (Fsp3) is 0.611. The Bertz CT molecular complexity index is 364. The number of carbonyl (C=O) groups excluding carboxylic acids is 1. The van der Waals surface area contributed by atoms with Crippen molar-refractivity contribution in [2.24, 2.45) is 5.92 Å². The van der Waals surface area contributed by atoms with E-state index < -0.39 is 0 Å². The molecule has 0 aliphatic heterocycles. The Morgan fingerprint density at radius 2 is 1.85 bits per heavy atom. The van der Waals surface area contributed by atoms with Gasteiger partial charge in [-0.3, -0.25) is 4.79 Å². The standard InChI is InChI=1S/C18H30O2/c1-7-18(19)20-13-12-16(6)9-11-17(15(4)5)10-8-14(2)3/h9,17H,2,4,7-8,10-13H2,1,3,5-6H3/b16-9+. The van der Waals surface area contributed by atoms with Gasteiger partial charge in [-0.25, -0.2) is 0 Å². The summed E-state index contributed by atoms with van der Waals surface area (Å²) in [5.74, 6) is 0.388. The van der Waals surface area contributed by atoms with Crippen LogP contribution < -0.4 is 0 Å². The number of esters is 1. The first-order valence-corrected chi connectivity index (χ1v) is 7.47. The molecule has 2 nitrogen and oxygen atoms in total. The first-order chi connectivity index (χ1) is 9.36. The highest BCUT2D eigenvalue weighted by Crippen LogP contribution is 2.22. The van der Waals surface area contributed by atoms with Crippen LogP contribution in [0.1, 0.15) is 59.8 Å². The van der Waals surface area contributed by atoms with Crippen LogP contribution in [0, 0.1) is 5.92 Å². The second-order valence-corrected chi connectivity index (χ2v) is 5.65. The minimum atomic E-state index is -0.126. The van der Waals surface area contributed by atoms with Crippen LogP contribution in [0.25, 0.3) is 0 Å². The van der Waals surface area contributed by atoms with Crippen LogP contribution in [0.3, 0.4) is 0 Å². The molecule has 0 amide bonds. The van der Waals surface area contributed by atoms with E-state index in [4.69, 9.17) is 4.74 Å². The molecule has 0 spiro atoms. The molecule has 0 aromatic heterocycles. The van der Waals surface area contributed by atoms with E-state index in [9.17, 15) is 4.79 Å². The molecule has 0 saturated carbocycles. The van der Waals surface area contributed by atoms with Crippen molar-refractivity contribution in [1.82, 2.24) is 0 Å². The summed E-state index contributed by atoms with van der Waals surface area (Å²) in [6, 6.07) is 0. The molecule has 20 heavy (non-hydrogen) atoms. The van der Waals surface area contributed by atoms with Gasteiger partial charge in [-0.15, -0.1) is 6.58 Å². The molecule has 0 rings (SSSR count). The molecule has 0 aliphatic carbocycles. The van der Waals surface area contributed by atoms with Crippen LogP contribution in [0.4, 0.5) is 0 Å². The summed E-state index contributed by atoms with van der Waals surface area (Å²) >= 11 is 0. The van der Waals surface area contributed by atoms with Crippen LogP contribution in [-0.4, -0.2) is 12.6 Å². The molecule has 0 aromatic carbocycles. The van der Waals surface area contributed by atoms with Gasteiger partial charge in [0.25, 0.3) is 0 Å². The van der Waals surface area contributed by atoms with Crippen LogP contribution in [0.5, 0.6) is 0 Å². The molecule has 2 heteroatoms. The molecule has 0 radical (unpaired) electrons. The number of ether oxygens (including phenoxy) is 1. The van der Waals surface area contributed by atoms with Crippen LogP contribution >= 0.6 is 0 Å². The number of hydrogen-bond donors (Lipinski definition) is 0. The predicted molar refractivity (Wildman–Crippen MR) is 86.6 cm³/mol. The topological polar surface area (TPSA) is 26.3 Å². The average Bonchev–Trinajstić information content (AvgIpc) is 2.37. The number of rotatable bonds is 10. The van der Waals surface area contributed by atoms with Gasteiger partial charge >= 0.3 is 5.97 Å². The summed E-state index contributed by atoms with van der Waals surface area (Å²) in [6.07, 6.45) is 6.68. The van der Waals surface area contributed by atoms with Crippen LogP contribution in [0.2, 0.25) is 0 Å². The highest BCUT2D eigenvalue weighted by Gasteiger charge is 2.08. The van der Waals surface area contributed by atoms with Gasteiger partial charge in [0.1, 0.15) is 0 Å². The summed E-state index contributed by atoms with van der Waals surface area (Å²) in [5.41, 5.74) is 3.73. The predicted octanol–water partition coefficient (Wildman–Crippen LogP) is 5.21. The Morgan fingerprint density at radius 3 is 2.35 bits per heavy atom. The van der Waals surface area contributed by atoms with E-state index in [-0.39, 0.29) is 5.97 Å². The lowest BCUT2D eigenvalue weighted by atomic mass is 9.90. The lowest BCUT2D eigenvalue weighted by Gasteiger charge is -2.15. The smallest absolute Gasteiger partial charge is 0.305 e.